The number of rotatable bonds is 2. The molecule has 2 heterocycles. The smallest absolute Gasteiger partial charge is 0.281 e. The molecule has 0 unspecified atom stereocenters. The fourth-order valence-electron chi connectivity index (χ4n) is 2.77. The lowest BCUT2D eigenvalue weighted by atomic mass is 10.1. The minimum atomic E-state index is -0.269. The molecule has 0 aliphatic rings. The van der Waals surface area contributed by atoms with Gasteiger partial charge in [0.1, 0.15) is 6.33 Å². The molecule has 0 radical (unpaired) electrons. The van der Waals surface area contributed by atoms with Crippen LogP contribution in [0, 0.1) is 0 Å². The van der Waals surface area contributed by atoms with Gasteiger partial charge in [0, 0.05) is 21.9 Å². The summed E-state index contributed by atoms with van der Waals surface area (Å²) in [4.78, 5) is 17.0. The zero-order chi connectivity index (χ0) is 16.7. The molecule has 0 amide bonds. The van der Waals surface area contributed by atoms with Crippen LogP contribution in [0.2, 0.25) is 0 Å². The van der Waals surface area contributed by atoms with Crippen molar-refractivity contribution in [2.45, 2.75) is 0 Å². The summed E-state index contributed by atoms with van der Waals surface area (Å²) in [6.45, 7) is 0. The molecule has 0 atom stereocenters. The highest BCUT2D eigenvalue weighted by Crippen LogP contribution is 2.29. The van der Waals surface area contributed by atoms with Gasteiger partial charge in [-0.3, -0.25) is 4.79 Å². The van der Waals surface area contributed by atoms with Gasteiger partial charge in [-0.1, -0.05) is 46.3 Å². The van der Waals surface area contributed by atoms with E-state index in [1.54, 1.807) is 0 Å². The number of nitrogens with zero attached hydrogens (tertiary/aromatic N) is 3. The van der Waals surface area contributed by atoms with Gasteiger partial charge in [0.05, 0.1) is 5.39 Å². The van der Waals surface area contributed by atoms with E-state index in [1.807, 2.05) is 65.4 Å². The monoisotopic (exact) mass is 380 g/mol. The summed E-state index contributed by atoms with van der Waals surface area (Å²) >= 11 is 3.44. The van der Waals surface area contributed by atoms with Crippen molar-refractivity contribution < 1.29 is 0 Å². The summed E-state index contributed by atoms with van der Waals surface area (Å²) in [5.41, 5.74) is 3.00. The molecule has 4 aromatic rings. The molecular weight excluding hydrogens is 368 g/mol. The number of nitrogen functional groups attached to an aromatic ring is 1. The second-order valence-corrected chi connectivity index (χ2v) is 6.33. The van der Waals surface area contributed by atoms with Crippen LogP contribution in [-0.4, -0.2) is 14.2 Å². The number of nitrogens with two attached hydrogens (primary N) is 1. The van der Waals surface area contributed by atoms with E-state index in [0.29, 0.717) is 11.0 Å². The van der Waals surface area contributed by atoms with Gasteiger partial charge >= 0.3 is 0 Å². The summed E-state index contributed by atoms with van der Waals surface area (Å²) in [5.74, 6) is 5.73. The van der Waals surface area contributed by atoms with Gasteiger partial charge in [-0.25, -0.2) is 9.66 Å². The predicted octanol–water partition coefficient (Wildman–Crippen LogP) is 3.33. The summed E-state index contributed by atoms with van der Waals surface area (Å²) in [6.07, 6.45) is 3.27. The Labute approximate surface area is 146 Å². The Morgan fingerprint density at radius 3 is 2.42 bits per heavy atom. The first-order chi connectivity index (χ1) is 11.6. The first-order valence-corrected chi connectivity index (χ1v) is 8.13. The molecule has 0 bridgehead atoms. The van der Waals surface area contributed by atoms with Crippen molar-refractivity contribution in [3.05, 3.63) is 81.9 Å². The van der Waals surface area contributed by atoms with Crippen LogP contribution in [0.25, 0.3) is 27.8 Å². The van der Waals surface area contributed by atoms with Crippen molar-refractivity contribution in [2.24, 2.45) is 0 Å². The third-order valence-corrected chi connectivity index (χ3v) is 4.45. The van der Waals surface area contributed by atoms with E-state index in [4.69, 9.17) is 5.84 Å². The lowest BCUT2D eigenvalue weighted by Gasteiger charge is -2.04. The van der Waals surface area contributed by atoms with E-state index in [-0.39, 0.29) is 5.56 Å². The Balaban J connectivity index is 2.08. The summed E-state index contributed by atoms with van der Waals surface area (Å²) in [5, 5.41) is 0.508. The number of hydrogen-bond acceptors (Lipinski definition) is 3. The van der Waals surface area contributed by atoms with E-state index < -0.39 is 0 Å². The normalized spacial score (nSPS) is 11.0. The van der Waals surface area contributed by atoms with E-state index in [1.165, 1.54) is 6.33 Å². The standard InChI is InChI=1S/C18H13BrN4O/c19-13-6-8-14(9-7-13)22-10-15(12-4-2-1-3-5-12)16-17(22)21-11-23(20)18(16)24/h1-11H,20H2. The molecule has 0 spiro atoms. The molecule has 0 fully saturated rings. The third kappa shape index (κ3) is 2.32. The van der Waals surface area contributed by atoms with E-state index in [0.717, 1.165) is 26.0 Å². The van der Waals surface area contributed by atoms with Crippen molar-refractivity contribution in [2.75, 3.05) is 5.84 Å². The average molecular weight is 381 g/mol. The van der Waals surface area contributed by atoms with Crippen LogP contribution in [0.4, 0.5) is 0 Å². The molecule has 0 saturated carbocycles. The molecule has 0 aliphatic carbocycles. The lowest BCUT2D eigenvalue weighted by molar-refractivity contribution is 0.905. The molecule has 6 heteroatoms. The zero-order valence-electron chi connectivity index (χ0n) is 12.6. The van der Waals surface area contributed by atoms with Crippen LogP contribution in [0.1, 0.15) is 0 Å². The summed E-state index contributed by atoms with van der Waals surface area (Å²) in [7, 11) is 0. The minimum Gasteiger partial charge on any atom is -0.335 e. The Hall–Kier alpha value is -2.86. The highest BCUT2D eigenvalue weighted by molar-refractivity contribution is 9.10. The minimum absolute atomic E-state index is 0.269. The molecule has 2 aromatic heterocycles. The van der Waals surface area contributed by atoms with E-state index in [9.17, 15) is 4.79 Å². The second kappa shape index (κ2) is 5.65. The van der Waals surface area contributed by atoms with Crippen LogP contribution < -0.4 is 11.4 Å². The molecular formula is C18H13BrN4O. The molecule has 118 valence electrons. The average Bonchev–Trinajstić information content (AvgIpc) is 3.00. The highest BCUT2D eigenvalue weighted by atomic mass is 79.9. The van der Waals surface area contributed by atoms with E-state index >= 15 is 0 Å². The van der Waals surface area contributed by atoms with E-state index in [2.05, 4.69) is 20.9 Å². The number of fused-ring (bicyclic) bond motifs is 1. The van der Waals surface area contributed by atoms with Crippen LogP contribution in [0.15, 0.2) is 76.4 Å². The molecule has 24 heavy (non-hydrogen) atoms. The predicted molar refractivity (Wildman–Crippen MR) is 98.6 cm³/mol. The van der Waals surface area contributed by atoms with Gasteiger partial charge in [-0.15, -0.1) is 0 Å². The fourth-order valence-corrected chi connectivity index (χ4v) is 3.03. The maximum atomic E-state index is 12.6. The summed E-state index contributed by atoms with van der Waals surface area (Å²) in [6, 6.07) is 17.6. The molecule has 5 nitrogen and oxygen atoms in total. The first-order valence-electron chi connectivity index (χ1n) is 7.34. The molecule has 0 saturated heterocycles. The molecule has 4 rings (SSSR count). The SMILES string of the molecule is Nn1cnc2c(c(-c3ccccc3)cn2-c2ccc(Br)cc2)c1=O. The molecule has 2 N–H and O–H groups in total. The molecule has 2 aromatic carbocycles. The number of halogens is 1. The first kappa shape index (κ1) is 14.7. The Morgan fingerprint density at radius 1 is 1.00 bits per heavy atom. The summed E-state index contributed by atoms with van der Waals surface area (Å²) < 4.78 is 3.91. The fraction of sp³-hybridized carbons (Fsp3) is 0. The van der Waals surface area contributed by atoms with Crippen LogP contribution >= 0.6 is 15.9 Å². The Morgan fingerprint density at radius 2 is 1.71 bits per heavy atom. The van der Waals surface area contributed by atoms with Gasteiger partial charge in [0.15, 0.2) is 5.65 Å². The Kier molecular flexibility index (Phi) is 3.46. The number of aromatic nitrogens is 3. The quantitative estimate of drug-likeness (QED) is 0.542. The number of benzene rings is 2. The van der Waals surface area contributed by atoms with Crippen molar-refractivity contribution in [3.63, 3.8) is 0 Å². The van der Waals surface area contributed by atoms with Gasteiger partial charge < -0.3 is 10.4 Å². The van der Waals surface area contributed by atoms with Crippen LogP contribution in [0.3, 0.4) is 0 Å². The van der Waals surface area contributed by atoms with Gasteiger partial charge in [-0.2, -0.15) is 0 Å². The van der Waals surface area contributed by atoms with Crippen molar-refractivity contribution in [3.8, 4) is 16.8 Å². The van der Waals surface area contributed by atoms with Gasteiger partial charge in [0.25, 0.3) is 5.56 Å². The maximum absolute atomic E-state index is 12.6. The second-order valence-electron chi connectivity index (χ2n) is 5.41. The van der Waals surface area contributed by atoms with Gasteiger partial charge in [0.2, 0.25) is 0 Å². The van der Waals surface area contributed by atoms with Crippen molar-refractivity contribution >= 4 is 27.0 Å². The van der Waals surface area contributed by atoms with Crippen molar-refractivity contribution in [1.29, 1.82) is 0 Å². The van der Waals surface area contributed by atoms with Crippen LogP contribution in [-0.2, 0) is 0 Å². The van der Waals surface area contributed by atoms with Crippen molar-refractivity contribution in [1.82, 2.24) is 14.2 Å². The number of hydrogen-bond donors (Lipinski definition) is 1. The van der Waals surface area contributed by atoms with Crippen LogP contribution in [0.5, 0.6) is 0 Å². The topological polar surface area (TPSA) is 65.8 Å². The maximum Gasteiger partial charge on any atom is 0.281 e. The zero-order valence-corrected chi connectivity index (χ0v) is 14.1. The Bertz CT molecular complexity index is 1080. The largest absolute Gasteiger partial charge is 0.335 e. The molecule has 0 aliphatic heterocycles. The third-order valence-electron chi connectivity index (χ3n) is 3.92. The highest BCUT2D eigenvalue weighted by Gasteiger charge is 2.16. The van der Waals surface area contributed by atoms with Gasteiger partial charge in [-0.05, 0) is 29.8 Å². The lowest BCUT2D eigenvalue weighted by Crippen LogP contribution is -2.27.